The monoisotopic (exact) mass is 695 g/mol. The number of rotatable bonds is 15. The molecule has 7 nitrogen and oxygen atoms in total. The summed E-state index contributed by atoms with van der Waals surface area (Å²) in [6.45, 7) is 25.5. The van der Waals surface area contributed by atoms with E-state index < -0.39 is 32.6 Å². The van der Waals surface area contributed by atoms with E-state index in [4.69, 9.17) is 13.6 Å². The molecule has 1 fully saturated rings. The summed E-state index contributed by atoms with van der Waals surface area (Å²) in [5.41, 5.74) is 2.43. The molecule has 3 rings (SSSR count). The first-order valence-corrected chi connectivity index (χ1v) is 25.3. The molecule has 0 saturated heterocycles. The van der Waals surface area contributed by atoms with Gasteiger partial charge in [0.15, 0.2) is 23.2 Å². The maximum absolute atomic E-state index is 12.2. The summed E-state index contributed by atoms with van der Waals surface area (Å²) in [7, 11) is -7.53. The molecule has 1 N–H and O–H groups in total. The Hall–Kier alpha value is -1.21. The van der Waals surface area contributed by atoms with Crippen LogP contribution in [-0.2, 0) is 36.5 Å². The zero-order chi connectivity index (χ0) is 34.7. The molecular weight excluding hydrogens is 631 g/mol. The minimum atomic E-state index is -3.63. The van der Waals surface area contributed by atoms with Crippen molar-refractivity contribution < 1.29 is 26.8 Å². The van der Waals surface area contributed by atoms with Crippen molar-refractivity contribution in [2.24, 2.45) is 17.8 Å². The molecule has 1 amide bonds. The highest BCUT2D eigenvalue weighted by atomic mass is 32.2. The minimum absolute atomic E-state index is 0.135. The molecule has 0 aliphatic heterocycles. The average Bonchev–Trinajstić information content (AvgIpc) is 3.21. The summed E-state index contributed by atoms with van der Waals surface area (Å²) in [6, 6.07) is 6.09. The smallest absolute Gasteiger partial charge is 0.271 e. The van der Waals surface area contributed by atoms with Crippen molar-refractivity contribution in [2.75, 3.05) is 12.9 Å². The summed E-state index contributed by atoms with van der Waals surface area (Å²) in [4.78, 5) is 12.2. The van der Waals surface area contributed by atoms with E-state index >= 15 is 0 Å². The number of unbranched alkanes of at least 4 members (excludes halogenated alkanes) is 2. The number of carbonyl (C=O) groups excluding carboxylic acids is 1. The number of benzene rings is 1. The molecular formula is C36H65NO6SSi2. The SMILES string of the molecule is CCCCC[C@@H](CC[C@@H]1[C@H]2Cc3cccc(OCC(=O)NS(C)(=O)=O)c3C[C@H]2C[C@H]1O[Si](C)(C)C(C)(C)C)O[Si](C)(C)C(C)(C)C. The predicted molar refractivity (Wildman–Crippen MR) is 195 cm³/mol. The molecule has 1 aromatic rings. The highest BCUT2D eigenvalue weighted by molar-refractivity contribution is 7.89. The van der Waals surface area contributed by atoms with Gasteiger partial charge in [0.25, 0.3) is 5.91 Å². The van der Waals surface area contributed by atoms with Crippen LogP contribution in [0.1, 0.15) is 105 Å². The molecule has 0 aromatic heterocycles. The van der Waals surface area contributed by atoms with Gasteiger partial charge in [-0.3, -0.25) is 9.52 Å². The Morgan fingerprint density at radius 2 is 1.63 bits per heavy atom. The molecule has 2 aliphatic rings. The largest absolute Gasteiger partial charge is 0.483 e. The van der Waals surface area contributed by atoms with E-state index in [0.717, 1.165) is 50.3 Å². The van der Waals surface area contributed by atoms with Crippen LogP contribution < -0.4 is 9.46 Å². The third kappa shape index (κ3) is 10.4. The van der Waals surface area contributed by atoms with Crippen LogP contribution in [0.5, 0.6) is 5.75 Å². The van der Waals surface area contributed by atoms with Gasteiger partial charge in [-0.2, -0.15) is 0 Å². The zero-order valence-electron chi connectivity index (χ0n) is 31.0. The Kier molecular flexibility index (Phi) is 12.9. The van der Waals surface area contributed by atoms with Gasteiger partial charge in [0.2, 0.25) is 10.0 Å². The summed E-state index contributed by atoms with van der Waals surface area (Å²) in [5, 5.41) is 0.316. The van der Waals surface area contributed by atoms with Crippen LogP contribution in [0.25, 0.3) is 0 Å². The van der Waals surface area contributed by atoms with Crippen LogP contribution in [0.15, 0.2) is 18.2 Å². The molecule has 0 radical (unpaired) electrons. The van der Waals surface area contributed by atoms with Gasteiger partial charge in [0.1, 0.15) is 5.75 Å². The van der Waals surface area contributed by atoms with Crippen molar-refractivity contribution >= 4 is 32.6 Å². The summed E-state index contributed by atoms with van der Waals surface area (Å²) < 4.78 is 45.3. The Labute approximate surface area is 283 Å². The van der Waals surface area contributed by atoms with E-state index in [0.29, 0.717) is 23.5 Å². The Morgan fingerprint density at radius 3 is 2.22 bits per heavy atom. The van der Waals surface area contributed by atoms with E-state index in [1.807, 2.05) is 16.9 Å². The fraction of sp³-hybridized carbons (Fsp3) is 0.806. The van der Waals surface area contributed by atoms with Gasteiger partial charge < -0.3 is 13.6 Å². The molecule has 2 aliphatic carbocycles. The Morgan fingerprint density at radius 1 is 0.978 bits per heavy atom. The number of ether oxygens (including phenoxy) is 1. The lowest BCUT2D eigenvalue weighted by molar-refractivity contribution is -0.121. The van der Waals surface area contributed by atoms with Gasteiger partial charge in [-0.05, 0) is 110 Å². The molecule has 0 heterocycles. The molecule has 1 aromatic carbocycles. The van der Waals surface area contributed by atoms with E-state index in [-0.39, 0.29) is 28.9 Å². The van der Waals surface area contributed by atoms with E-state index in [1.165, 1.54) is 24.8 Å². The van der Waals surface area contributed by atoms with Crippen molar-refractivity contribution in [3.05, 3.63) is 29.3 Å². The third-order valence-corrected chi connectivity index (χ3v) is 21.1. The lowest BCUT2D eigenvalue weighted by Crippen LogP contribution is -2.46. The number of sulfonamides is 1. The molecule has 1 saturated carbocycles. The second-order valence-electron chi connectivity index (χ2n) is 17.2. The number of amides is 1. The number of carbonyl (C=O) groups is 1. The van der Waals surface area contributed by atoms with Crippen molar-refractivity contribution in [3.8, 4) is 5.75 Å². The molecule has 46 heavy (non-hydrogen) atoms. The Balaban J connectivity index is 1.86. The Bertz CT molecular complexity index is 1280. The van der Waals surface area contributed by atoms with Gasteiger partial charge >= 0.3 is 0 Å². The lowest BCUT2D eigenvalue weighted by Gasteiger charge is -2.42. The zero-order valence-corrected chi connectivity index (χ0v) is 33.9. The van der Waals surface area contributed by atoms with Gasteiger partial charge in [-0.1, -0.05) is 79.9 Å². The van der Waals surface area contributed by atoms with Gasteiger partial charge in [0, 0.05) is 12.2 Å². The van der Waals surface area contributed by atoms with Gasteiger partial charge in [-0.25, -0.2) is 8.42 Å². The fourth-order valence-electron chi connectivity index (χ4n) is 6.84. The molecule has 5 atom stereocenters. The third-order valence-electron chi connectivity index (χ3n) is 11.4. The minimum Gasteiger partial charge on any atom is -0.483 e. The maximum Gasteiger partial charge on any atom is 0.271 e. The summed E-state index contributed by atoms with van der Waals surface area (Å²) >= 11 is 0. The highest BCUT2D eigenvalue weighted by Gasteiger charge is 2.50. The van der Waals surface area contributed by atoms with Crippen LogP contribution in [0.3, 0.4) is 0 Å². The lowest BCUT2D eigenvalue weighted by atomic mass is 9.73. The van der Waals surface area contributed by atoms with E-state index in [2.05, 4.69) is 80.7 Å². The maximum atomic E-state index is 12.2. The standard InChI is InChI=1S/C36H65NO6SSi2/c1-13-14-15-18-28(42-45(9,10)35(2,3)4)20-21-29-30-22-26-17-16-19-32(41-25-34(38)37-44(8,39)40)31(26)23-27(30)24-33(29)43-46(11,12)36(5,6)7/h16-17,19,27-30,33H,13-15,18,20-25H2,1-12H3,(H,37,38)/t27-,28-,29+,30-,33+/m0/s1. The number of nitrogens with one attached hydrogen (secondary N) is 1. The topological polar surface area (TPSA) is 90.9 Å². The van der Waals surface area contributed by atoms with Crippen molar-refractivity contribution in [2.45, 2.75) is 155 Å². The first kappa shape index (κ1) is 39.2. The number of fused-ring (bicyclic) bond motifs is 2. The molecule has 0 unspecified atom stereocenters. The summed E-state index contributed by atoms with van der Waals surface area (Å²) in [6.07, 6.45) is 11.4. The van der Waals surface area contributed by atoms with Gasteiger partial charge in [0.05, 0.1) is 6.26 Å². The van der Waals surface area contributed by atoms with Crippen LogP contribution >= 0.6 is 0 Å². The van der Waals surface area contributed by atoms with Gasteiger partial charge in [-0.15, -0.1) is 0 Å². The first-order valence-electron chi connectivity index (χ1n) is 17.6. The first-order chi connectivity index (χ1) is 21.0. The molecule has 0 spiro atoms. The van der Waals surface area contributed by atoms with Crippen molar-refractivity contribution in [3.63, 3.8) is 0 Å². The molecule has 10 heteroatoms. The molecule has 264 valence electrons. The van der Waals surface area contributed by atoms with Crippen LogP contribution in [0.4, 0.5) is 0 Å². The van der Waals surface area contributed by atoms with E-state index in [1.54, 1.807) is 0 Å². The number of hydrogen-bond donors (Lipinski definition) is 1. The second-order valence-corrected chi connectivity index (χ2v) is 28.5. The normalized spacial score (nSPS) is 23.0. The second kappa shape index (κ2) is 15.1. The predicted octanol–water partition coefficient (Wildman–Crippen LogP) is 8.63. The highest BCUT2D eigenvalue weighted by Crippen LogP contribution is 2.52. The van der Waals surface area contributed by atoms with Crippen LogP contribution in [0, 0.1) is 17.8 Å². The van der Waals surface area contributed by atoms with Crippen molar-refractivity contribution in [1.29, 1.82) is 0 Å². The van der Waals surface area contributed by atoms with E-state index in [9.17, 15) is 13.2 Å². The van der Waals surface area contributed by atoms with Crippen LogP contribution in [0.2, 0.25) is 36.3 Å². The number of hydrogen-bond acceptors (Lipinski definition) is 6. The fourth-order valence-corrected chi connectivity index (χ4v) is 10.1. The average molecular weight is 696 g/mol. The molecule has 0 bridgehead atoms. The van der Waals surface area contributed by atoms with Crippen LogP contribution in [-0.4, -0.2) is 56.0 Å². The quantitative estimate of drug-likeness (QED) is 0.146. The van der Waals surface area contributed by atoms with Crippen molar-refractivity contribution in [1.82, 2.24) is 4.72 Å². The summed E-state index contributed by atoms with van der Waals surface area (Å²) in [5.74, 6) is 1.49.